The van der Waals surface area contributed by atoms with Crippen molar-refractivity contribution in [2.45, 2.75) is 0 Å². The van der Waals surface area contributed by atoms with E-state index in [1.165, 1.54) is 0 Å². The Bertz CT molecular complexity index is 355. The molecule has 12 heavy (non-hydrogen) atoms. The van der Waals surface area contributed by atoms with Gasteiger partial charge in [0, 0.05) is 0 Å². The van der Waals surface area contributed by atoms with Crippen molar-refractivity contribution in [1.29, 1.82) is 0 Å². The third-order valence-corrected chi connectivity index (χ3v) is 3.05. The van der Waals surface area contributed by atoms with E-state index in [1.807, 2.05) is 16.7 Å². The maximum absolute atomic E-state index is 5.48. The molecule has 2 rings (SSSR count). The predicted molar refractivity (Wildman–Crippen MR) is 53.6 cm³/mol. The topological polar surface area (TPSA) is 43.8 Å². The van der Waals surface area contributed by atoms with Crippen LogP contribution in [0.2, 0.25) is 0 Å². The second kappa shape index (κ2) is 2.91. The summed E-state index contributed by atoms with van der Waals surface area (Å²) in [6, 6.07) is 4.01. The van der Waals surface area contributed by atoms with Gasteiger partial charge in [0.1, 0.15) is 17.1 Å². The molecule has 0 saturated heterocycles. The number of imidazole rings is 1. The van der Waals surface area contributed by atoms with Crippen molar-refractivity contribution in [1.82, 2.24) is 9.55 Å². The van der Waals surface area contributed by atoms with Gasteiger partial charge in [-0.2, -0.15) is 0 Å². The highest BCUT2D eigenvalue weighted by Crippen LogP contribution is 2.25. The van der Waals surface area contributed by atoms with Crippen molar-refractivity contribution in [2.75, 3.05) is 5.73 Å². The Labute approximate surface area is 82.0 Å². The summed E-state index contributed by atoms with van der Waals surface area (Å²) in [5.41, 5.74) is 5.48. The SMILES string of the molecule is Nc1cn(-c2ccc(Br)s2)cn1. The molecule has 0 atom stereocenters. The monoisotopic (exact) mass is 243 g/mol. The van der Waals surface area contributed by atoms with Crippen molar-refractivity contribution in [3.63, 3.8) is 0 Å². The summed E-state index contributed by atoms with van der Waals surface area (Å²) >= 11 is 5.03. The molecule has 2 heterocycles. The summed E-state index contributed by atoms with van der Waals surface area (Å²) in [7, 11) is 0. The van der Waals surface area contributed by atoms with Gasteiger partial charge >= 0.3 is 0 Å². The van der Waals surface area contributed by atoms with E-state index in [-0.39, 0.29) is 0 Å². The number of aromatic nitrogens is 2. The number of anilines is 1. The maximum atomic E-state index is 5.48. The van der Waals surface area contributed by atoms with E-state index >= 15 is 0 Å². The van der Waals surface area contributed by atoms with Crippen molar-refractivity contribution in [3.8, 4) is 5.00 Å². The normalized spacial score (nSPS) is 10.4. The molecule has 0 radical (unpaired) electrons. The molecule has 0 aliphatic rings. The molecule has 0 fully saturated rings. The average Bonchev–Trinajstić information content (AvgIpc) is 2.58. The zero-order valence-corrected chi connectivity index (χ0v) is 8.47. The van der Waals surface area contributed by atoms with Crippen LogP contribution in [0.1, 0.15) is 0 Å². The first-order chi connectivity index (χ1) is 5.75. The van der Waals surface area contributed by atoms with E-state index in [1.54, 1.807) is 23.9 Å². The number of rotatable bonds is 1. The number of hydrogen-bond acceptors (Lipinski definition) is 3. The van der Waals surface area contributed by atoms with Gasteiger partial charge in [-0.3, -0.25) is 4.57 Å². The Morgan fingerprint density at radius 1 is 1.50 bits per heavy atom. The van der Waals surface area contributed by atoms with Crippen LogP contribution in [0.3, 0.4) is 0 Å². The first-order valence-electron chi connectivity index (χ1n) is 3.31. The second-order valence-corrected chi connectivity index (χ2v) is 4.73. The molecular formula is C7H6BrN3S. The molecular weight excluding hydrogens is 238 g/mol. The Morgan fingerprint density at radius 2 is 2.33 bits per heavy atom. The van der Waals surface area contributed by atoms with Gasteiger partial charge in [0.25, 0.3) is 0 Å². The zero-order valence-electron chi connectivity index (χ0n) is 6.07. The zero-order chi connectivity index (χ0) is 8.55. The number of hydrogen-bond donors (Lipinski definition) is 1. The second-order valence-electron chi connectivity index (χ2n) is 2.28. The van der Waals surface area contributed by atoms with Gasteiger partial charge in [-0.25, -0.2) is 4.98 Å². The third kappa shape index (κ3) is 1.37. The van der Waals surface area contributed by atoms with E-state index < -0.39 is 0 Å². The highest BCUT2D eigenvalue weighted by molar-refractivity contribution is 9.11. The summed E-state index contributed by atoms with van der Waals surface area (Å²) in [6.45, 7) is 0. The number of nitrogen functional groups attached to an aromatic ring is 1. The lowest BCUT2D eigenvalue weighted by molar-refractivity contribution is 1.09. The van der Waals surface area contributed by atoms with Crippen molar-refractivity contribution < 1.29 is 0 Å². The van der Waals surface area contributed by atoms with Gasteiger partial charge in [-0.1, -0.05) is 0 Å². The minimum atomic E-state index is 0.541. The molecule has 2 N–H and O–H groups in total. The minimum absolute atomic E-state index is 0.541. The molecule has 0 unspecified atom stereocenters. The average molecular weight is 244 g/mol. The van der Waals surface area contributed by atoms with E-state index in [0.717, 1.165) is 8.79 Å². The van der Waals surface area contributed by atoms with Gasteiger partial charge < -0.3 is 5.73 Å². The first kappa shape index (κ1) is 7.82. The fourth-order valence-electron chi connectivity index (χ4n) is 0.902. The maximum Gasteiger partial charge on any atom is 0.142 e. The molecule has 62 valence electrons. The van der Waals surface area contributed by atoms with Crippen molar-refractivity contribution in [2.24, 2.45) is 0 Å². The van der Waals surface area contributed by atoms with Crippen LogP contribution in [0.4, 0.5) is 5.82 Å². The fraction of sp³-hybridized carbons (Fsp3) is 0. The van der Waals surface area contributed by atoms with E-state index in [9.17, 15) is 0 Å². The van der Waals surface area contributed by atoms with Gasteiger partial charge in [0.2, 0.25) is 0 Å². The molecule has 0 spiro atoms. The summed E-state index contributed by atoms with van der Waals surface area (Å²) in [4.78, 5) is 3.93. The van der Waals surface area contributed by atoms with Crippen LogP contribution in [0.25, 0.3) is 5.00 Å². The van der Waals surface area contributed by atoms with Crippen LogP contribution in [0.15, 0.2) is 28.4 Å². The smallest absolute Gasteiger partial charge is 0.142 e. The van der Waals surface area contributed by atoms with Crippen LogP contribution < -0.4 is 5.73 Å². The number of nitrogens with zero attached hydrogens (tertiary/aromatic N) is 2. The van der Waals surface area contributed by atoms with Gasteiger partial charge in [0.05, 0.1) is 9.98 Å². The standard InChI is InChI=1S/C7H6BrN3S/c8-5-1-2-7(12-5)11-3-6(9)10-4-11/h1-4H,9H2. The molecule has 0 aliphatic carbocycles. The van der Waals surface area contributed by atoms with Crippen LogP contribution in [-0.4, -0.2) is 9.55 Å². The van der Waals surface area contributed by atoms with Crippen molar-refractivity contribution >= 4 is 33.1 Å². The number of nitrogens with two attached hydrogens (primary N) is 1. The first-order valence-corrected chi connectivity index (χ1v) is 4.92. The summed E-state index contributed by atoms with van der Waals surface area (Å²) in [5, 5.41) is 1.10. The lowest BCUT2D eigenvalue weighted by atomic mass is 10.6. The Kier molecular flexibility index (Phi) is 1.90. The lowest BCUT2D eigenvalue weighted by Gasteiger charge is -1.92. The molecule has 2 aromatic rings. The Balaban J connectivity index is 2.43. The fourth-order valence-corrected chi connectivity index (χ4v) is 2.21. The molecule has 0 aromatic carbocycles. The summed E-state index contributed by atoms with van der Waals surface area (Å²) in [6.07, 6.45) is 3.49. The Morgan fingerprint density at radius 3 is 2.83 bits per heavy atom. The summed E-state index contributed by atoms with van der Waals surface area (Å²) < 4.78 is 3.00. The molecule has 0 saturated carbocycles. The highest BCUT2D eigenvalue weighted by Gasteiger charge is 2.00. The lowest BCUT2D eigenvalue weighted by Crippen LogP contribution is -1.84. The van der Waals surface area contributed by atoms with E-state index in [2.05, 4.69) is 20.9 Å². The molecule has 3 nitrogen and oxygen atoms in total. The van der Waals surface area contributed by atoms with Crippen LogP contribution in [0, 0.1) is 0 Å². The van der Waals surface area contributed by atoms with Crippen LogP contribution in [-0.2, 0) is 0 Å². The molecule has 0 aliphatic heterocycles. The molecule has 0 bridgehead atoms. The van der Waals surface area contributed by atoms with Gasteiger partial charge in [-0.15, -0.1) is 11.3 Å². The molecule has 2 aromatic heterocycles. The number of thiophene rings is 1. The quantitative estimate of drug-likeness (QED) is 0.836. The minimum Gasteiger partial charge on any atom is -0.382 e. The highest BCUT2D eigenvalue weighted by atomic mass is 79.9. The van der Waals surface area contributed by atoms with Gasteiger partial charge in [0.15, 0.2) is 0 Å². The largest absolute Gasteiger partial charge is 0.382 e. The van der Waals surface area contributed by atoms with Gasteiger partial charge in [-0.05, 0) is 28.1 Å². The van der Waals surface area contributed by atoms with E-state index in [0.29, 0.717) is 5.82 Å². The van der Waals surface area contributed by atoms with Crippen LogP contribution >= 0.6 is 27.3 Å². The molecule has 0 amide bonds. The third-order valence-electron chi connectivity index (χ3n) is 1.42. The van der Waals surface area contributed by atoms with E-state index in [4.69, 9.17) is 5.73 Å². The summed E-state index contributed by atoms with van der Waals surface area (Å²) in [5.74, 6) is 0.541. The Hall–Kier alpha value is -0.810. The van der Waals surface area contributed by atoms with Crippen LogP contribution in [0.5, 0.6) is 0 Å². The predicted octanol–water partition coefficient (Wildman–Crippen LogP) is 2.28. The number of halogens is 1. The van der Waals surface area contributed by atoms with Crippen molar-refractivity contribution in [3.05, 3.63) is 28.4 Å². The molecule has 5 heteroatoms.